The number of aliphatic hydroxyl groups is 1. The number of hydrogen-bond acceptors (Lipinski definition) is 6. The molecule has 3 atom stereocenters. The van der Waals surface area contributed by atoms with Gasteiger partial charge in [-0.15, -0.1) is 0 Å². The smallest absolute Gasteiger partial charge is 0.268 e. The fourth-order valence-electron chi connectivity index (χ4n) is 6.00. The monoisotopic (exact) mass is 831 g/mol. The van der Waals surface area contributed by atoms with Crippen molar-refractivity contribution in [3.8, 4) is 0 Å². The van der Waals surface area contributed by atoms with E-state index >= 15 is 0 Å². The van der Waals surface area contributed by atoms with Crippen molar-refractivity contribution in [2.75, 3.05) is 40.9 Å². The van der Waals surface area contributed by atoms with E-state index in [9.17, 15) is 19.4 Å². The average molecular weight is 831 g/mol. The number of hydrogen-bond donors (Lipinski definition) is 2. The molecule has 0 saturated carbocycles. The van der Waals surface area contributed by atoms with Crippen LogP contribution in [0.1, 0.15) is 168 Å². The summed E-state index contributed by atoms with van der Waals surface area (Å²) in [7, 11) is 1.20. The van der Waals surface area contributed by atoms with Crippen LogP contribution in [-0.2, 0) is 18.4 Å². The number of phosphoric ester groups is 1. The Morgan fingerprint density at radius 1 is 0.621 bits per heavy atom. The molecule has 3 unspecified atom stereocenters. The number of likely N-dealkylation sites (N-methyl/N-ethyl adjacent to an activating group) is 1. The van der Waals surface area contributed by atoms with Crippen molar-refractivity contribution in [1.82, 2.24) is 5.32 Å². The van der Waals surface area contributed by atoms with Crippen LogP contribution < -0.4 is 10.2 Å². The SMILES string of the molecule is CC/C=C\C/C=C\C/C=C\C/C=C\C/C=C\C/C=C\CCC(=O)NC(COP(=O)([O-])OCC[N+](C)(C)C)C(O)/C=C/CCCCCCCCCCCCCCCCC. The molecule has 0 aromatic heterocycles. The summed E-state index contributed by atoms with van der Waals surface area (Å²) in [5, 5.41) is 13.7. The maximum absolute atomic E-state index is 12.8. The lowest BCUT2D eigenvalue weighted by molar-refractivity contribution is -0.870. The van der Waals surface area contributed by atoms with Crippen LogP contribution in [0.5, 0.6) is 0 Å². The molecule has 0 aromatic rings. The molecule has 0 bridgehead atoms. The predicted molar refractivity (Wildman–Crippen MR) is 246 cm³/mol. The van der Waals surface area contributed by atoms with Crippen LogP contribution >= 0.6 is 7.82 Å². The highest BCUT2D eigenvalue weighted by Crippen LogP contribution is 2.38. The maximum Gasteiger partial charge on any atom is 0.268 e. The zero-order valence-electron chi connectivity index (χ0n) is 37.7. The second kappa shape index (κ2) is 40.1. The van der Waals surface area contributed by atoms with Crippen LogP contribution in [0.15, 0.2) is 85.1 Å². The molecule has 0 spiro atoms. The first-order valence-electron chi connectivity index (χ1n) is 22.9. The van der Waals surface area contributed by atoms with Gasteiger partial charge >= 0.3 is 0 Å². The highest BCUT2D eigenvalue weighted by molar-refractivity contribution is 7.45. The van der Waals surface area contributed by atoms with Gasteiger partial charge in [0.05, 0.1) is 39.9 Å². The Labute approximate surface area is 356 Å². The summed E-state index contributed by atoms with van der Waals surface area (Å²) in [5.74, 6) is -0.283. The molecule has 2 N–H and O–H groups in total. The first-order chi connectivity index (χ1) is 28.0. The van der Waals surface area contributed by atoms with Crippen LogP contribution in [0.2, 0.25) is 0 Å². The number of phosphoric acid groups is 1. The number of allylic oxidation sites excluding steroid dienone is 13. The minimum atomic E-state index is -4.61. The van der Waals surface area contributed by atoms with Gasteiger partial charge in [-0.2, -0.15) is 0 Å². The van der Waals surface area contributed by atoms with Gasteiger partial charge in [-0.1, -0.05) is 189 Å². The third-order valence-electron chi connectivity index (χ3n) is 9.62. The van der Waals surface area contributed by atoms with Crippen LogP contribution in [0.25, 0.3) is 0 Å². The second-order valence-electron chi connectivity index (χ2n) is 16.4. The third-order valence-corrected chi connectivity index (χ3v) is 10.6. The van der Waals surface area contributed by atoms with Gasteiger partial charge in [0.1, 0.15) is 13.2 Å². The molecule has 0 heterocycles. The van der Waals surface area contributed by atoms with Crippen LogP contribution in [0, 0.1) is 0 Å². The fraction of sp³-hybridized carbons (Fsp3) is 0.694. The Hall–Kier alpha value is -2.32. The number of rotatable bonds is 40. The zero-order chi connectivity index (χ0) is 42.8. The molecule has 0 saturated heterocycles. The molecule has 8 nitrogen and oxygen atoms in total. The van der Waals surface area contributed by atoms with Gasteiger partial charge in [-0.05, 0) is 57.8 Å². The quantitative estimate of drug-likeness (QED) is 0.0276. The Kier molecular flexibility index (Phi) is 38.5. The summed E-state index contributed by atoms with van der Waals surface area (Å²) in [4.78, 5) is 25.3. The molecule has 0 fully saturated rings. The largest absolute Gasteiger partial charge is 0.756 e. The summed E-state index contributed by atoms with van der Waals surface area (Å²) < 4.78 is 23.2. The van der Waals surface area contributed by atoms with Gasteiger partial charge in [0.2, 0.25) is 5.91 Å². The molecule has 334 valence electrons. The topological polar surface area (TPSA) is 108 Å². The normalized spacial score (nSPS) is 15.1. The van der Waals surface area contributed by atoms with Gasteiger partial charge in [-0.25, -0.2) is 0 Å². The molecule has 0 aliphatic carbocycles. The van der Waals surface area contributed by atoms with Crippen LogP contribution in [0.3, 0.4) is 0 Å². The summed E-state index contributed by atoms with van der Waals surface area (Å²) in [6.07, 6.45) is 55.0. The van der Waals surface area contributed by atoms with E-state index in [1.54, 1.807) is 6.08 Å². The lowest BCUT2D eigenvalue weighted by Crippen LogP contribution is -2.45. The van der Waals surface area contributed by atoms with Gasteiger partial charge in [0.25, 0.3) is 7.82 Å². The summed E-state index contributed by atoms with van der Waals surface area (Å²) >= 11 is 0. The van der Waals surface area contributed by atoms with Crippen molar-refractivity contribution in [2.24, 2.45) is 0 Å². The molecule has 1 amide bonds. The Balaban J connectivity index is 4.56. The molecule has 58 heavy (non-hydrogen) atoms. The second-order valence-corrected chi connectivity index (χ2v) is 17.8. The van der Waals surface area contributed by atoms with Crippen molar-refractivity contribution in [1.29, 1.82) is 0 Å². The van der Waals surface area contributed by atoms with Crippen molar-refractivity contribution in [3.63, 3.8) is 0 Å². The standard InChI is InChI=1S/C49H87N2O6P/c1-6-8-10-12-14-16-18-20-22-24-25-27-29-31-33-35-37-39-41-43-49(53)50-47(46-57-58(54,55)56-45-44-51(3,4)5)48(52)42-40-38-36-34-32-30-28-26-23-21-19-17-15-13-11-9-7-2/h8,10,14,16,20,22,25,27,31,33,37,39-40,42,47-48,52H,6-7,9,11-13,15,17-19,21,23-24,26,28-30,32,34-36,38,41,43-46H2,1-5H3,(H-,50,53,54,55)/b10-8-,16-14-,22-20-,27-25-,33-31-,39-37-,42-40+. The Morgan fingerprint density at radius 3 is 1.50 bits per heavy atom. The predicted octanol–water partition coefficient (Wildman–Crippen LogP) is 12.3. The van der Waals surface area contributed by atoms with E-state index in [1.165, 1.54) is 83.5 Å². The maximum atomic E-state index is 12.8. The first-order valence-corrected chi connectivity index (χ1v) is 24.4. The van der Waals surface area contributed by atoms with Gasteiger partial charge in [-0.3, -0.25) is 9.36 Å². The number of aliphatic hydroxyl groups excluding tert-OH is 1. The minimum Gasteiger partial charge on any atom is -0.756 e. The molecule has 9 heteroatoms. The molecule has 0 rings (SSSR count). The Morgan fingerprint density at radius 2 is 1.05 bits per heavy atom. The number of carbonyl (C=O) groups is 1. The number of amides is 1. The van der Waals surface area contributed by atoms with E-state index in [-0.39, 0.29) is 18.9 Å². The Bertz CT molecular complexity index is 1220. The van der Waals surface area contributed by atoms with E-state index in [1.807, 2.05) is 39.4 Å². The number of quaternary nitrogens is 1. The van der Waals surface area contributed by atoms with Crippen molar-refractivity contribution < 1.29 is 32.9 Å². The summed E-state index contributed by atoms with van der Waals surface area (Å²) in [6.45, 7) is 4.46. The zero-order valence-corrected chi connectivity index (χ0v) is 38.6. The fourth-order valence-corrected chi connectivity index (χ4v) is 6.72. The molecule has 0 radical (unpaired) electrons. The van der Waals surface area contributed by atoms with Gasteiger partial charge < -0.3 is 28.8 Å². The molecule has 0 aromatic carbocycles. The van der Waals surface area contributed by atoms with Crippen molar-refractivity contribution in [2.45, 2.75) is 180 Å². The van der Waals surface area contributed by atoms with E-state index in [2.05, 4.69) is 79.9 Å². The van der Waals surface area contributed by atoms with Gasteiger partial charge in [0.15, 0.2) is 0 Å². The van der Waals surface area contributed by atoms with Crippen LogP contribution in [0.4, 0.5) is 0 Å². The number of nitrogens with zero attached hydrogens (tertiary/aromatic N) is 1. The third kappa shape index (κ3) is 41.8. The van der Waals surface area contributed by atoms with Crippen LogP contribution in [-0.4, -0.2) is 68.5 Å². The van der Waals surface area contributed by atoms with E-state index < -0.39 is 26.6 Å². The number of unbranched alkanes of at least 4 members (excludes halogenated alkanes) is 15. The highest BCUT2D eigenvalue weighted by Gasteiger charge is 2.23. The van der Waals surface area contributed by atoms with E-state index in [0.29, 0.717) is 17.4 Å². The summed E-state index contributed by atoms with van der Waals surface area (Å²) in [5.41, 5.74) is 0. The number of nitrogens with one attached hydrogen (secondary N) is 1. The van der Waals surface area contributed by atoms with Gasteiger partial charge in [0, 0.05) is 6.42 Å². The highest BCUT2D eigenvalue weighted by atomic mass is 31.2. The van der Waals surface area contributed by atoms with E-state index in [0.717, 1.165) is 57.8 Å². The lowest BCUT2D eigenvalue weighted by atomic mass is 10.0. The minimum absolute atomic E-state index is 0.0189. The first kappa shape index (κ1) is 55.7. The number of carbonyl (C=O) groups excluding carboxylic acids is 1. The summed E-state index contributed by atoms with van der Waals surface area (Å²) in [6, 6.07) is -0.931. The molecule has 0 aliphatic rings. The molecular weight excluding hydrogens is 744 g/mol. The van der Waals surface area contributed by atoms with Crippen molar-refractivity contribution in [3.05, 3.63) is 85.1 Å². The van der Waals surface area contributed by atoms with Crippen molar-refractivity contribution >= 4 is 13.7 Å². The lowest BCUT2D eigenvalue weighted by Gasteiger charge is -2.29. The average Bonchev–Trinajstić information content (AvgIpc) is 3.17. The van der Waals surface area contributed by atoms with E-state index in [4.69, 9.17) is 9.05 Å². The molecular formula is C49H87N2O6P. The molecule has 0 aliphatic heterocycles.